The number of thioether (sulfide) groups is 3. The molecule has 3 heterocycles. The molecule has 0 aliphatic rings. The molecule has 0 saturated carbocycles. The van der Waals surface area contributed by atoms with E-state index in [9.17, 15) is 4.79 Å². The minimum atomic E-state index is -0.336. The summed E-state index contributed by atoms with van der Waals surface area (Å²) in [6.45, 7) is 0.422. The molecule has 0 aliphatic heterocycles. The molecule has 208 valence electrons. The van der Waals surface area contributed by atoms with Crippen LogP contribution in [0.4, 0.5) is 0 Å². The number of H-pyrrole nitrogens is 1. The molecule has 2 N–H and O–H groups in total. The molecular formula is C23H23Cl3N6O4S3. The molecule has 4 rings (SSSR count). The second-order valence-corrected chi connectivity index (χ2v) is 10.3. The lowest BCUT2D eigenvalue weighted by molar-refractivity contribution is 0.290. The maximum atomic E-state index is 10.6. The highest BCUT2D eigenvalue weighted by atomic mass is 35.5. The summed E-state index contributed by atoms with van der Waals surface area (Å²) in [5, 5.41) is 11.5. The van der Waals surface area contributed by atoms with E-state index < -0.39 is 0 Å². The number of nitrogens with one attached hydrogen (secondary N) is 1. The van der Waals surface area contributed by atoms with Crippen LogP contribution in [0.3, 0.4) is 0 Å². The van der Waals surface area contributed by atoms with E-state index >= 15 is 0 Å². The number of halogens is 3. The Hall–Kier alpha value is -2.42. The van der Waals surface area contributed by atoms with Gasteiger partial charge in [-0.25, -0.2) is 15.0 Å². The van der Waals surface area contributed by atoms with E-state index in [1.165, 1.54) is 41.4 Å². The van der Waals surface area contributed by atoms with Crippen molar-refractivity contribution in [2.75, 3.05) is 25.9 Å². The standard InChI is InChI=1S/C13H13ClN2O2S.C5H4Cl2N2S.C5H6N2O2S/c1-17-10-5-3-9(4-6-10)8-18-12-7-11(14)15-13(16-12)19-2;1-10-5-8-3(6)2-4(7)9-5;1-10-5-6-3(8)2-4(9)7-5/h3-7H,8H2,1-2H3;2H,1H3;2H,1H3,(H2,6,7,8,9). The molecule has 0 bridgehead atoms. The predicted octanol–water partition coefficient (Wildman–Crippen LogP) is 6.14. The van der Waals surface area contributed by atoms with Crippen LogP contribution in [-0.4, -0.2) is 60.9 Å². The fraction of sp³-hybridized carbons (Fsp3) is 0.217. The third kappa shape index (κ3) is 12.5. The first-order valence-electron chi connectivity index (χ1n) is 10.6. The molecule has 10 nitrogen and oxygen atoms in total. The Bertz CT molecular complexity index is 1380. The zero-order valence-corrected chi connectivity index (χ0v) is 25.7. The van der Waals surface area contributed by atoms with Crippen molar-refractivity contribution < 1.29 is 14.6 Å². The Morgan fingerprint density at radius 3 is 1.90 bits per heavy atom. The van der Waals surface area contributed by atoms with Crippen molar-refractivity contribution in [1.82, 2.24) is 29.9 Å². The summed E-state index contributed by atoms with van der Waals surface area (Å²) in [6.07, 6.45) is 5.51. The van der Waals surface area contributed by atoms with E-state index in [4.69, 9.17) is 49.4 Å². The van der Waals surface area contributed by atoms with Crippen LogP contribution in [0.5, 0.6) is 17.5 Å². The van der Waals surface area contributed by atoms with Gasteiger partial charge in [-0.3, -0.25) is 4.79 Å². The van der Waals surface area contributed by atoms with Crippen molar-refractivity contribution in [3.8, 4) is 17.5 Å². The molecule has 16 heteroatoms. The predicted molar refractivity (Wildman–Crippen MR) is 158 cm³/mol. The van der Waals surface area contributed by atoms with Crippen molar-refractivity contribution in [2.24, 2.45) is 0 Å². The number of nitrogens with zero attached hydrogens (tertiary/aromatic N) is 5. The molecule has 0 amide bonds. The van der Waals surface area contributed by atoms with E-state index in [1.807, 2.05) is 36.8 Å². The molecule has 0 fully saturated rings. The van der Waals surface area contributed by atoms with Gasteiger partial charge in [0.2, 0.25) is 11.8 Å². The zero-order valence-electron chi connectivity index (χ0n) is 21.0. The summed E-state index contributed by atoms with van der Waals surface area (Å²) >= 11 is 21.1. The lowest BCUT2D eigenvalue weighted by Gasteiger charge is -2.07. The molecule has 39 heavy (non-hydrogen) atoms. The summed E-state index contributed by atoms with van der Waals surface area (Å²) in [5.41, 5.74) is 0.693. The molecule has 0 spiro atoms. The van der Waals surface area contributed by atoms with Gasteiger partial charge in [0, 0.05) is 12.1 Å². The average Bonchev–Trinajstić information content (AvgIpc) is 2.91. The normalized spacial score (nSPS) is 10.0. The van der Waals surface area contributed by atoms with E-state index in [0.29, 0.717) is 43.4 Å². The molecule has 4 aromatic rings. The zero-order chi connectivity index (χ0) is 28.8. The molecule has 1 aromatic carbocycles. The van der Waals surface area contributed by atoms with Crippen LogP contribution in [-0.2, 0) is 6.61 Å². The van der Waals surface area contributed by atoms with Crippen LogP contribution in [0, 0.1) is 0 Å². The minimum absolute atomic E-state index is 0.242. The summed E-state index contributed by atoms with van der Waals surface area (Å²) in [7, 11) is 1.64. The number of aromatic amines is 1. The van der Waals surface area contributed by atoms with E-state index in [-0.39, 0.29) is 11.4 Å². The molecule has 0 unspecified atom stereocenters. The van der Waals surface area contributed by atoms with Gasteiger partial charge in [0.1, 0.15) is 27.8 Å². The van der Waals surface area contributed by atoms with Crippen LogP contribution >= 0.6 is 70.1 Å². The summed E-state index contributed by atoms with van der Waals surface area (Å²) in [4.78, 5) is 32.7. The van der Waals surface area contributed by atoms with Crippen molar-refractivity contribution >= 4 is 70.1 Å². The average molecular weight is 650 g/mol. The molecule has 3 aromatic heterocycles. The van der Waals surface area contributed by atoms with E-state index in [0.717, 1.165) is 17.4 Å². The van der Waals surface area contributed by atoms with Gasteiger partial charge in [-0.2, -0.15) is 9.97 Å². The van der Waals surface area contributed by atoms with Gasteiger partial charge in [0.15, 0.2) is 15.5 Å². The van der Waals surface area contributed by atoms with Gasteiger partial charge < -0.3 is 19.6 Å². The van der Waals surface area contributed by atoms with Gasteiger partial charge in [-0.1, -0.05) is 82.2 Å². The quantitative estimate of drug-likeness (QED) is 0.135. The monoisotopic (exact) mass is 648 g/mol. The SMILES string of the molecule is COc1ccc(COc2cc(Cl)nc(SC)n2)cc1.CSc1nc(Cl)cc(Cl)n1.CSc1nc(O)cc(=O)[nH]1. The number of aromatic hydroxyl groups is 1. The van der Waals surface area contributed by atoms with Gasteiger partial charge in [0.25, 0.3) is 5.56 Å². The maximum Gasteiger partial charge on any atom is 0.255 e. The number of benzene rings is 1. The van der Waals surface area contributed by atoms with Gasteiger partial charge >= 0.3 is 0 Å². The number of rotatable bonds is 7. The highest BCUT2D eigenvalue weighted by Crippen LogP contribution is 2.20. The highest BCUT2D eigenvalue weighted by Gasteiger charge is 2.04. The van der Waals surface area contributed by atoms with E-state index in [2.05, 4.69) is 29.9 Å². The lowest BCUT2D eigenvalue weighted by atomic mass is 10.2. The second kappa shape index (κ2) is 17.3. The van der Waals surface area contributed by atoms with Crippen molar-refractivity contribution in [2.45, 2.75) is 22.1 Å². The van der Waals surface area contributed by atoms with Gasteiger partial charge in [-0.15, -0.1) is 0 Å². The van der Waals surface area contributed by atoms with E-state index in [1.54, 1.807) is 19.4 Å². The Labute approximate surface area is 252 Å². The number of ether oxygens (including phenoxy) is 2. The Morgan fingerprint density at radius 1 is 0.821 bits per heavy atom. The van der Waals surface area contributed by atoms with Crippen LogP contribution < -0.4 is 15.0 Å². The van der Waals surface area contributed by atoms with Crippen LogP contribution in [0.2, 0.25) is 15.5 Å². The summed E-state index contributed by atoms with van der Waals surface area (Å²) < 4.78 is 10.7. The van der Waals surface area contributed by atoms with Crippen molar-refractivity contribution in [3.63, 3.8) is 0 Å². The lowest BCUT2D eigenvalue weighted by Crippen LogP contribution is -2.05. The molecule has 0 saturated heterocycles. The van der Waals surface area contributed by atoms with Crippen LogP contribution in [0.1, 0.15) is 5.56 Å². The molecule has 0 radical (unpaired) electrons. The maximum absolute atomic E-state index is 10.6. The molecule has 0 atom stereocenters. The van der Waals surface area contributed by atoms with Gasteiger partial charge in [-0.05, 0) is 36.5 Å². The summed E-state index contributed by atoms with van der Waals surface area (Å²) in [5.74, 6) is 1.05. The summed E-state index contributed by atoms with van der Waals surface area (Å²) in [6, 6.07) is 11.8. The number of methoxy groups -OCH3 is 1. The van der Waals surface area contributed by atoms with Crippen LogP contribution in [0.25, 0.3) is 0 Å². The number of aromatic nitrogens is 6. The first-order valence-corrected chi connectivity index (χ1v) is 15.4. The first-order chi connectivity index (χ1) is 18.6. The number of hydrogen-bond donors (Lipinski definition) is 2. The third-order valence-corrected chi connectivity index (χ3v) is 6.36. The molecular weight excluding hydrogens is 627 g/mol. The largest absolute Gasteiger partial charge is 0.497 e. The Morgan fingerprint density at radius 2 is 1.38 bits per heavy atom. The number of hydrogen-bond acceptors (Lipinski definition) is 12. The third-order valence-electron chi connectivity index (χ3n) is 4.10. The first kappa shape index (κ1) is 32.8. The Balaban J connectivity index is 0.000000225. The van der Waals surface area contributed by atoms with Crippen molar-refractivity contribution in [1.29, 1.82) is 0 Å². The Kier molecular flexibility index (Phi) is 14.6. The highest BCUT2D eigenvalue weighted by molar-refractivity contribution is 7.98. The topological polar surface area (TPSA) is 136 Å². The van der Waals surface area contributed by atoms with Crippen LogP contribution in [0.15, 0.2) is 62.7 Å². The fourth-order valence-electron chi connectivity index (χ4n) is 2.40. The smallest absolute Gasteiger partial charge is 0.255 e. The minimum Gasteiger partial charge on any atom is -0.497 e. The molecule has 0 aliphatic carbocycles. The fourth-order valence-corrected chi connectivity index (χ4v) is 4.29. The second-order valence-electron chi connectivity index (χ2n) is 6.77. The van der Waals surface area contributed by atoms with Crippen molar-refractivity contribution in [3.05, 3.63) is 73.8 Å². The van der Waals surface area contributed by atoms with Gasteiger partial charge in [0.05, 0.1) is 13.2 Å².